The van der Waals surface area contributed by atoms with Gasteiger partial charge in [-0.05, 0) is 31.1 Å². The fraction of sp³-hybridized carbons (Fsp3) is 0.769. The van der Waals surface area contributed by atoms with E-state index in [2.05, 4.69) is 4.74 Å². The van der Waals surface area contributed by atoms with Crippen molar-refractivity contribution in [2.45, 2.75) is 50.6 Å². The first-order valence-electron chi connectivity index (χ1n) is 6.50. The van der Waals surface area contributed by atoms with E-state index in [4.69, 9.17) is 0 Å². The molecular formula is C13H14F6O2. The maximum atomic E-state index is 13.1. The van der Waals surface area contributed by atoms with E-state index in [1.165, 1.54) is 6.08 Å². The van der Waals surface area contributed by atoms with Crippen LogP contribution in [0.4, 0.5) is 26.3 Å². The summed E-state index contributed by atoms with van der Waals surface area (Å²) in [6, 6.07) is 0. The van der Waals surface area contributed by atoms with Gasteiger partial charge >= 0.3 is 23.9 Å². The Morgan fingerprint density at radius 1 is 1.19 bits per heavy atom. The van der Waals surface area contributed by atoms with E-state index >= 15 is 0 Å². The van der Waals surface area contributed by atoms with Gasteiger partial charge in [0, 0.05) is 13.3 Å². The molecule has 0 heterocycles. The van der Waals surface area contributed by atoms with Crippen molar-refractivity contribution in [1.29, 1.82) is 0 Å². The SMILES string of the molecule is CC(=O)OC(CC1=CC2CCC1C2)(C(F)(F)F)C(F)(F)F. The van der Waals surface area contributed by atoms with Gasteiger partial charge in [0.15, 0.2) is 0 Å². The summed E-state index contributed by atoms with van der Waals surface area (Å²) in [5.74, 6) is -1.83. The number of allylic oxidation sites excluding steroid dienone is 1. The van der Waals surface area contributed by atoms with E-state index in [0.29, 0.717) is 19.8 Å². The molecule has 2 bridgehead atoms. The molecule has 2 aliphatic carbocycles. The van der Waals surface area contributed by atoms with Crippen molar-refractivity contribution in [1.82, 2.24) is 0 Å². The van der Waals surface area contributed by atoms with E-state index in [9.17, 15) is 31.1 Å². The molecule has 120 valence electrons. The number of carbonyl (C=O) groups excluding carboxylic acids is 1. The van der Waals surface area contributed by atoms with Crippen LogP contribution < -0.4 is 0 Å². The monoisotopic (exact) mass is 316 g/mol. The minimum Gasteiger partial charge on any atom is -0.439 e. The minimum absolute atomic E-state index is 0.0431. The van der Waals surface area contributed by atoms with Crippen LogP contribution in [0.5, 0.6) is 0 Å². The molecule has 2 aliphatic rings. The van der Waals surface area contributed by atoms with Gasteiger partial charge < -0.3 is 4.74 Å². The average molecular weight is 316 g/mol. The summed E-state index contributed by atoms with van der Waals surface area (Å²) in [4.78, 5) is 10.8. The number of esters is 1. The Labute approximate surface area is 117 Å². The van der Waals surface area contributed by atoms with Crippen LogP contribution in [-0.2, 0) is 9.53 Å². The second kappa shape index (κ2) is 4.91. The molecule has 0 N–H and O–H groups in total. The summed E-state index contributed by atoms with van der Waals surface area (Å²) < 4.78 is 82.4. The maximum absolute atomic E-state index is 13.1. The van der Waals surface area contributed by atoms with Gasteiger partial charge in [-0.3, -0.25) is 4.79 Å². The van der Waals surface area contributed by atoms with E-state index in [-0.39, 0.29) is 17.4 Å². The molecule has 0 radical (unpaired) electrons. The summed E-state index contributed by atoms with van der Waals surface area (Å²) in [5, 5.41) is 0. The fourth-order valence-corrected chi connectivity index (χ4v) is 3.19. The number of fused-ring (bicyclic) bond motifs is 2. The van der Waals surface area contributed by atoms with Gasteiger partial charge in [0.1, 0.15) is 0 Å². The van der Waals surface area contributed by atoms with Crippen molar-refractivity contribution in [2.24, 2.45) is 11.8 Å². The normalized spacial score (nSPS) is 26.0. The van der Waals surface area contributed by atoms with E-state index < -0.39 is 30.3 Å². The maximum Gasteiger partial charge on any atom is 0.437 e. The molecule has 1 saturated carbocycles. The lowest BCUT2D eigenvalue weighted by Gasteiger charge is -2.37. The van der Waals surface area contributed by atoms with Gasteiger partial charge in [-0.25, -0.2) is 0 Å². The first-order chi connectivity index (χ1) is 9.46. The zero-order valence-electron chi connectivity index (χ0n) is 11.1. The van der Waals surface area contributed by atoms with Gasteiger partial charge in [-0.1, -0.05) is 11.6 Å². The van der Waals surface area contributed by atoms with Crippen LogP contribution in [0.15, 0.2) is 11.6 Å². The van der Waals surface area contributed by atoms with Crippen LogP contribution in [0.1, 0.15) is 32.6 Å². The third-order valence-electron chi connectivity index (χ3n) is 4.13. The van der Waals surface area contributed by atoms with Crippen molar-refractivity contribution in [3.05, 3.63) is 11.6 Å². The molecule has 2 unspecified atom stereocenters. The van der Waals surface area contributed by atoms with Gasteiger partial charge in [0.2, 0.25) is 0 Å². The average Bonchev–Trinajstić information content (AvgIpc) is 2.85. The van der Waals surface area contributed by atoms with Gasteiger partial charge in [0.05, 0.1) is 0 Å². The summed E-state index contributed by atoms with van der Waals surface area (Å²) in [6.07, 6.45) is -9.37. The standard InChI is InChI=1S/C13H14F6O2/c1-7(20)21-11(12(14,15)16,13(17,18)19)6-10-5-8-2-3-9(10)4-8/h5,8-9H,2-4,6H2,1H3. The molecule has 0 aromatic carbocycles. The smallest absolute Gasteiger partial charge is 0.437 e. The second-order valence-corrected chi connectivity index (χ2v) is 5.60. The van der Waals surface area contributed by atoms with Crippen molar-refractivity contribution in [2.75, 3.05) is 0 Å². The number of carbonyl (C=O) groups is 1. The Morgan fingerprint density at radius 2 is 1.76 bits per heavy atom. The third-order valence-corrected chi connectivity index (χ3v) is 4.13. The van der Waals surface area contributed by atoms with Crippen LogP contribution in [0.25, 0.3) is 0 Å². The first-order valence-corrected chi connectivity index (χ1v) is 6.50. The molecule has 0 aromatic heterocycles. The first kappa shape index (κ1) is 16.2. The molecule has 21 heavy (non-hydrogen) atoms. The summed E-state index contributed by atoms with van der Waals surface area (Å²) in [6.45, 7) is 0.543. The van der Waals surface area contributed by atoms with Crippen LogP contribution in [0.2, 0.25) is 0 Å². The van der Waals surface area contributed by atoms with E-state index in [0.717, 1.165) is 6.42 Å². The molecular weight excluding hydrogens is 302 g/mol. The van der Waals surface area contributed by atoms with Crippen LogP contribution >= 0.6 is 0 Å². The van der Waals surface area contributed by atoms with Crippen molar-refractivity contribution >= 4 is 5.97 Å². The Hall–Kier alpha value is -1.21. The zero-order chi connectivity index (χ0) is 16.1. The van der Waals surface area contributed by atoms with Crippen LogP contribution in [0.3, 0.4) is 0 Å². The lowest BCUT2D eigenvalue weighted by atomic mass is 9.86. The fourth-order valence-electron chi connectivity index (χ4n) is 3.19. The number of hydrogen-bond acceptors (Lipinski definition) is 2. The van der Waals surface area contributed by atoms with Crippen LogP contribution in [-0.4, -0.2) is 23.9 Å². The zero-order valence-corrected chi connectivity index (χ0v) is 11.1. The molecule has 0 spiro atoms. The molecule has 1 fully saturated rings. The molecule has 2 atom stereocenters. The van der Waals surface area contributed by atoms with Gasteiger partial charge in [0.25, 0.3) is 0 Å². The Morgan fingerprint density at radius 3 is 2.10 bits per heavy atom. The van der Waals surface area contributed by atoms with E-state index in [1.54, 1.807) is 0 Å². The van der Waals surface area contributed by atoms with Crippen molar-refractivity contribution in [3.8, 4) is 0 Å². The lowest BCUT2D eigenvalue weighted by molar-refractivity contribution is -0.369. The number of hydrogen-bond donors (Lipinski definition) is 0. The molecule has 8 heteroatoms. The van der Waals surface area contributed by atoms with Gasteiger partial charge in [-0.2, -0.15) is 26.3 Å². The molecule has 0 amide bonds. The lowest BCUT2D eigenvalue weighted by Crippen LogP contribution is -2.59. The Kier molecular flexibility index (Phi) is 3.78. The molecule has 2 rings (SSSR count). The minimum atomic E-state index is -5.72. The predicted molar refractivity (Wildman–Crippen MR) is 60.1 cm³/mol. The predicted octanol–water partition coefficient (Wildman–Crippen LogP) is 4.16. The molecule has 0 aliphatic heterocycles. The number of ether oxygens (including phenoxy) is 1. The summed E-state index contributed by atoms with van der Waals surface area (Å²) in [7, 11) is 0. The highest BCUT2D eigenvalue weighted by Crippen LogP contribution is 2.54. The van der Waals surface area contributed by atoms with Crippen molar-refractivity contribution < 1.29 is 35.9 Å². The third kappa shape index (κ3) is 2.76. The van der Waals surface area contributed by atoms with Gasteiger partial charge in [-0.15, -0.1) is 0 Å². The highest BCUT2D eigenvalue weighted by molar-refractivity contribution is 5.67. The largest absolute Gasteiger partial charge is 0.439 e. The van der Waals surface area contributed by atoms with Crippen LogP contribution in [0, 0.1) is 11.8 Å². The number of halogens is 6. The second-order valence-electron chi connectivity index (χ2n) is 5.60. The molecule has 0 aromatic rings. The Bertz CT molecular complexity index is 448. The molecule has 2 nitrogen and oxygen atoms in total. The quantitative estimate of drug-likeness (QED) is 0.444. The topological polar surface area (TPSA) is 26.3 Å². The number of rotatable bonds is 3. The summed E-state index contributed by atoms with van der Waals surface area (Å²) in [5.41, 5.74) is -4.36. The highest BCUT2D eigenvalue weighted by atomic mass is 19.4. The molecule has 0 saturated heterocycles. The summed E-state index contributed by atoms with van der Waals surface area (Å²) >= 11 is 0. The Balaban J connectivity index is 2.39. The highest BCUT2D eigenvalue weighted by Gasteiger charge is 2.74. The van der Waals surface area contributed by atoms with E-state index in [1.807, 2.05) is 0 Å². The number of alkyl halides is 6. The van der Waals surface area contributed by atoms with Crippen molar-refractivity contribution in [3.63, 3.8) is 0 Å².